The number of hydrogen-bond donors (Lipinski definition) is 1. The number of ketones is 2. The molecule has 0 aliphatic heterocycles. The van der Waals surface area contributed by atoms with E-state index in [2.05, 4.69) is 4.74 Å². The van der Waals surface area contributed by atoms with Crippen molar-refractivity contribution in [3.05, 3.63) is 0 Å². The first kappa shape index (κ1) is 15.8. The average molecular weight is 244 g/mol. The Hall–Kier alpha value is -1.23. The summed E-state index contributed by atoms with van der Waals surface area (Å²) >= 11 is 0. The van der Waals surface area contributed by atoms with E-state index in [1.54, 1.807) is 6.92 Å². The largest absolute Gasteiger partial charge is 0.466 e. The molecule has 1 atom stereocenters. The number of esters is 1. The predicted molar refractivity (Wildman–Crippen MR) is 61.4 cm³/mol. The van der Waals surface area contributed by atoms with Crippen molar-refractivity contribution in [2.45, 2.75) is 52.1 Å². The van der Waals surface area contributed by atoms with Crippen molar-refractivity contribution in [2.75, 3.05) is 6.61 Å². The number of Topliss-reactive ketones (excluding diaryl/α,β-unsaturated/α-hetero) is 2. The molecule has 0 rings (SSSR count). The van der Waals surface area contributed by atoms with Crippen LogP contribution in [0.1, 0.15) is 46.5 Å². The SMILES string of the molecule is CCCC(=O)C(C)(O)CC(=O)CC(=O)OCC. The number of rotatable bonds is 8. The fraction of sp³-hybridized carbons (Fsp3) is 0.750. The van der Waals surface area contributed by atoms with Gasteiger partial charge in [0.25, 0.3) is 0 Å². The first-order chi connectivity index (χ1) is 7.83. The highest BCUT2D eigenvalue weighted by atomic mass is 16.5. The summed E-state index contributed by atoms with van der Waals surface area (Å²) in [5.41, 5.74) is -1.68. The van der Waals surface area contributed by atoms with Crippen LogP contribution in [-0.4, -0.2) is 34.9 Å². The summed E-state index contributed by atoms with van der Waals surface area (Å²) in [4.78, 5) is 34.0. The third-order valence-corrected chi connectivity index (χ3v) is 2.27. The van der Waals surface area contributed by atoms with E-state index >= 15 is 0 Å². The van der Waals surface area contributed by atoms with Crippen molar-refractivity contribution in [1.29, 1.82) is 0 Å². The van der Waals surface area contributed by atoms with Crippen LogP contribution >= 0.6 is 0 Å². The van der Waals surface area contributed by atoms with E-state index in [0.717, 1.165) is 0 Å². The van der Waals surface area contributed by atoms with Crippen molar-refractivity contribution in [2.24, 2.45) is 0 Å². The molecule has 0 aliphatic rings. The van der Waals surface area contributed by atoms with Crippen LogP contribution in [0.3, 0.4) is 0 Å². The molecule has 0 saturated carbocycles. The van der Waals surface area contributed by atoms with Crippen LogP contribution in [-0.2, 0) is 19.1 Å². The van der Waals surface area contributed by atoms with Crippen LogP contribution in [0.4, 0.5) is 0 Å². The fourth-order valence-corrected chi connectivity index (χ4v) is 1.41. The van der Waals surface area contributed by atoms with Gasteiger partial charge in [-0.1, -0.05) is 6.92 Å². The third kappa shape index (κ3) is 6.16. The van der Waals surface area contributed by atoms with E-state index < -0.39 is 23.8 Å². The van der Waals surface area contributed by atoms with Gasteiger partial charge in [-0.05, 0) is 20.3 Å². The predicted octanol–water partition coefficient (Wildman–Crippen LogP) is 1.02. The van der Waals surface area contributed by atoms with Crippen LogP contribution in [0, 0.1) is 0 Å². The number of carbonyl (C=O) groups is 3. The third-order valence-electron chi connectivity index (χ3n) is 2.27. The Labute approximate surface area is 101 Å². The lowest BCUT2D eigenvalue weighted by atomic mass is 9.91. The minimum Gasteiger partial charge on any atom is -0.466 e. The van der Waals surface area contributed by atoms with Gasteiger partial charge in [-0.2, -0.15) is 0 Å². The molecular formula is C12H20O5. The summed E-state index contributed by atoms with van der Waals surface area (Å²) in [6.45, 7) is 4.96. The maximum absolute atomic E-state index is 11.5. The van der Waals surface area contributed by atoms with Crippen molar-refractivity contribution >= 4 is 17.5 Å². The van der Waals surface area contributed by atoms with Crippen LogP contribution in [0.15, 0.2) is 0 Å². The average Bonchev–Trinajstić information content (AvgIpc) is 2.16. The molecule has 0 fully saturated rings. The van der Waals surface area contributed by atoms with Gasteiger partial charge in [-0.15, -0.1) is 0 Å². The molecule has 0 aromatic carbocycles. The van der Waals surface area contributed by atoms with Gasteiger partial charge < -0.3 is 9.84 Å². The summed E-state index contributed by atoms with van der Waals surface area (Å²) in [6.07, 6.45) is 0.0920. The molecule has 5 nitrogen and oxygen atoms in total. The molecule has 0 aromatic heterocycles. The summed E-state index contributed by atoms with van der Waals surface area (Å²) < 4.78 is 4.61. The van der Waals surface area contributed by atoms with Gasteiger partial charge in [-0.3, -0.25) is 14.4 Å². The standard InChI is InChI=1S/C12H20O5/c1-4-6-10(14)12(3,16)8-9(13)7-11(15)17-5-2/h16H,4-8H2,1-3H3. The zero-order chi connectivity index (χ0) is 13.5. The normalized spacial score (nSPS) is 13.9. The number of aliphatic hydroxyl groups is 1. The quantitative estimate of drug-likeness (QED) is 0.509. The second-order valence-corrected chi connectivity index (χ2v) is 4.14. The molecule has 0 aliphatic carbocycles. The first-order valence-electron chi connectivity index (χ1n) is 5.76. The number of carbonyl (C=O) groups excluding carboxylic acids is 3. The maximum Gasteiger partial charge on any atom is 0.313 e. The van der Waals surface area contributed by atoms with E-state index in [9.17, 15) is 19.5 Å². The van der Waals surface area contributed by atoms with Gasteiger partial charge in [0.15, 0.2) is 5.78 Å². The molecule has 5 heteroatoms. The van der Waals surface area contributed by atoms with Gasteiger partial charge >= 0.3 is 5.97 Å². The Kier molecular flexibility index (Phi) is 6.65. The molecule has 0 heterocycles. The molecule has 0 amide bonds. The van der Waals surface area contributed by atoms with Crippen molar-refractivity contribution < 1.29 is 24.2 Å². The van der Waals surface area contributed by atoms with Crippen LogP contribution < -0.4 is 0 Å². The van der Waals surface area contributed by atoms with Crippen molar-refractivity contribution in [1.82, 2.24) is 0 Å². The first-order valence-corrected chi connectivity index (χ1v) is 5.76. The Balaban J connectivity index is 4.27. The Morgan fingerprint density at radius 1 is 1.24 bits per heavy atom. The van der Waals surface area contributed by atoms with Gasteiger partial charge in [0.2, 0.25) is 0 Å². The Morgan fingerprint density at radius 2 is 1.82 bits per heavy atom. The summed E-state index contributed by atoms with van der Waals surface area (Å²) in [6, 6.07) is 0. The molecular weight excluding hydrogens is 224 g/mol. The van der Waals surface area contributed by atoms with E-state index in [1.165, 1.54) is 6.92 Å². The number of hydrogen-bond acceptors (Lipinski definition) is 5. The molecule has 1 unspecified atom stereocenters. The van der Waals surface area contributed by atoms with Crippen molar-refractivity contribution in [3.63, 3.8) is 0 Å². The smallest absolute Gasteiger partial charge is 0.313 e. The minimum absolute atomic E-state index is 0.206. The highest BCUT2D eigenvalue weighted by molar-refractivity contribution is 5.99. The van der Waals surface area contributed by atoms with Gasteiger partial charge in [0.05, 0.1) is 6.61 Å². The van der Waals surface area contributed by atoms with Crippen molar-refractivity contribution in [3.8, 4) is 0 Å². The summed E-state index contributed by atoms with van der Waals surface area (Å²) in [5, 5.41) is 9.80. The van der Waals surface area contributed by atoms with Gasteiger partial charge in [-0.25, -0.2) is 0 Å². The molecule has 1 N–H and O–H groups in total. The van der Waals surface area contributed by atoms with E-state index in [4.69, 9.17) is 0 Å². The maximum atomic E-state index is 11.5. The molecule has 0 saturated heterocycles. The second-order valence-electron chi connectivity index (χ2n) is 4.14. The molecule has 0 radical (unpaired) electrons. The molecule has 0 spiro atoms. The van der Waals surface area contributed by atoms with Crippen LogP contribution in [0.25, 0.3) is 0 Å². The molecule has 17 heavy (non-hydrogen) atoms. The van der Waals surface area contributed by atoms with Gasteiger partial charge in [0, 0.05) is 12.8 Å². The molecule has 0 bridgehead atoms. The van der Waals surface area contributed by atoms with Gasteiger partial charge in [0.1, 0.15) is 17.8 Å². The monoisotopic (exact) mass is 244 g/mol. The van der Waals surface area contributed by atoms with E-state index in [1.807, 2.05) is 6.92 Å². The highest BCUT2D eigenvalue weighted by Gasteiger charge is 2.32. The zero-order valence-corrected chi connectivity index (χ0v) is 10.6. The Bertz CT molecular complexity index is 293. The van der Waals surface area contributed by atoms with E-state index in [0.29, 0.717) is 6.42 Å². The summed E-state index contributed by atoms with van der Waals surface area (Å²) in [5.74, 6) is -1.49. The van der Waals surface area contributed by atoms with Crippen LogP contribution in [0.2, 0.25) is 0 Å². The topological polar surface area (TPSA) is 80.7 Å². The lowest BCUT2D eigenvalue weighted by Gasteiger charge is -2.20. The van der Waals surface area contributed by atoms with E-state index in [-0.39, 0.29) is 25.2 Å². The second kappa shape index (κ2) is 7.17. The highest BCUT2D eigenvalue weighted by Crippen LogP contribution is 2.15. The Morgan fingerprint density at radius 3 is 2.29 bits per heavy atom. The molecule has 0 aromatic rings. The molecule has 98 valence electrons. The zero-order valence-electron chi connectivity index (χ0n) is 10.6. The number of ether oxygens (including phenoxy) is 1. The van der Waals surface area contributed by atoms with Crippen LogP contribution in [0.5, 0.6) is 0 Å². The lowest BCUT2D eigenvalue weighted by molar-refractivity contribution is -0.148. The summed E-state index contributed by atoms with van der Waals surface area (Å²) in [7, 11) is 0. The minimum atomic E-state index is -1.68. The fourth-order valence-electron chi connectivity index (χ4n) is 1.41. The lowest BCUT2D eigenvalue weighted by Crippen LogP contribution is -2.37.